The van der Waals surface area contributed by atoms with Crippen molar-refractivity contribution >= 4 is 16.0 Å². The predicted molar refractivity (Wildman–Crippen MR) is 116 cm³/mol. The monoisotopic (exact) mass is 419 g/mol. The third kappa shape index (κ3) is 8.23. The standard InChI is InChI=1S/C19H41N5O3S/c1-16(2)24(17(3)4)9-8-21-19(20-7)22-10-12-23(13-11-22)28(25,26)15-14-27-18(5)6/h16-18H,8-15H2,1-7H3,(H,20,21). The van der Waals surface area contributed by atoms with E-state index in [1.807, 2.05) is 13.8 Å². The lowest BCUT2D eigenvalue weighted by Gasteiger charge is -2.36. The number of aliphatic imine (C=N–C) groups is 1. The average Bonchev–Trinajstić information content (AvgIpc) is 2.61. The van der Waals surface area contributed by atoms with Gasteiger partial charge in [-0.15, -0.1) is 0 Å². The molecule has 0 bridgehead atoms. The van der Waals surface area contributed by atoms with Crippen LogP contribution in [-0.2, 0) is 14.8 Å². The van der Waals surface area contributed by atoms with Gasteiger partial charge in [-0.2, -0.15) is 4.31 Å². The van der Waals surface area contributed by atoms with E-state index in [-0.39, 0.29) is 18.5 Å². The molecule has 0 aromatic heterocycles. The van der Waals surface area contributed by atoms with E-state index in [1.165, 1.54) is 0 Å². The van der Waals surface area contributed by atoms with Gasteiger partial charge < -0.3 is 15.0 Å². The number of rotatable bonds is 10. The molecule has 166 valence electrons. The van der Waals surface area contributed by atoms with E-state index >= 15 is 0 Å². The molecule has 0 amide bonds. The number of sulfonamides is 1. The summed E-state index contributed by atoms with van der Waals surface area (Å²) in [6.45, 7) is 16.9. The number of piperazine rings is 1. The Bertz CT molecular complexity index is 562. The minimum Gasteiger partial charge on any atom is -0.378 e. The quantitative estimate of drug-likeness (QED) is 0.421. The molecule has 0 aromatic carbocycles. The Hall–Kier alpha value is -0.900. The molecule has 0 saturated carbocycles. The van der Waals surface area contributed by atoms with Crippen molar-refractivity contribution in [1.82, 2.24) is 19.4 Å². The molecule has 0 aliphatic carbocycles. The molecular formula is C19H41N5O3S. The van der Waals surface area contributed by atoms with Crippen LogP contribution in [0.1, 0.15) is 41.5 Å². The Morgan fingerprint density at radius 1 is 1.07 bits per heavy atom. The van der Waals surface area contributed by atoms with Crippen molar-refractivity contribution in [3.63, 3.8) is 0 Å². The maximum absolute atomic E-state index is 12.5. The molecular weight excluding hydrogens is 378 g/mol. The lowest BCUT2D eigenvalue weighted by molar-refractivity contribution is 0.0904. The number of nitrogens with zero attached hydrogens (tertiary/aromatic N) is 4. The summed E-state index contributed by atoms with van der Waals surface area (Å²) in [4.78, 5) is 8.94. The maximum Gasteiger partial charge on any atom is 0.216 e. The topological polar surface area (TPSA) is 77.5 Å². The van der Waals surface area contributed by atoms with Gasteiger partial charge in [0.25, 0.3) is 0 Å². The average molecular weight is 420 g/mol. The highest BCUT2D eigenvalue weighted by atomic mass is 32.2. The first-order chi connectivity index (χ1) is 13.1. The molecule has 1 aliphatic heterocycles. The molecule has 0 aromatic rings. The second-order valence-electron chi connectivity index (χ2n) is 8.02. The minimum atomic E-state index is -3.27. The zero-order valence-corrected chi connectivity index (χ0v) is 19.6. The summed E-state index contributed by atoms with van der Waals surface area (Å²) in [5, 5.41) is 3.43. The van der Waals surface area contributed by atoms with E-state index < -0.39 is 10.0 Å². The van der Waals surface area contributed by atoms with E-state index in [1.54, 1.807) is 11.4 Å². The molecule has 1 fully saturated rings. The van der Waals surface area contributed by atoms with E-state index in [0.717, 1.165) is 19.0 Å². The lowest BCUT2D eigenvalue weighted by atomic mass is 10.2. The van der Waals surface area contributed by atoms with Crippen LogP contribution in [0.15, 0.2) is 4.99 Å². The summed E-state index contributed by atoms with van der Waals surface area (Å²) < 4.78 is 31.9. The summed E-state index contributed by atoms with van der Waals surface area (Å²) in [7, 11) is -1.49. The van der Waals surface area contributed by atoms with Crippen LogP contribution in [0.25, 0.3) is 0 Å². The molecule has 1 N–H and O–H groups in total. The van der Waals surface area contributed by atoms with Gasteiger partial charge >= 0.3 is 0 Å². The van der Waals surface area contributed by atoms with E-state index in [9.17, 15) is 8.42 Å². The number of hydrogen-bond acceptors (Lipinski definition) is 5. The maximum atomic E-state index is 12.5. The summed E-state index contributed by atoms with van der Waals surface area (Å²) in [5.74, 6) is 0.880. The highest BCUT2D eigenvalue weighted by Gasteiger charge is 2.28. The third-order valence-electron chi connectivity index (χ3n) is 4.92. The van der Waals surface area contributed by atoms with Crippen molar-refractivity contribution in [3.05, 3.63) is 0 Å². The van der Waals surface area contributed by atoms with Gasteiger partial charge in [0, 0.05) is 58.4 Å². The molecule has 0 radical (unpaired) electrons. The van der Waals surface area contributed by atoms with Gasteiger partial charge in [0.05, 0.1) is 18.5 Å². The van der Waals surface area contributed by atoms with E-state index in [4.69, 9.17) is 4.74 Å². The SMILES string of the molecule is CN=C(NCCN(C(C)C)C(C)C)N1CCN(S(=O)(=O)CCOC(C)C)CC1. The number of hydrogen-bond donors (Lipinski definition) is 1. The molecule has 28 heavy (non-hydrogen) atoms. The Morgan fingerprint density at radius 2 is 1.64 bits per heavy atom. The molecule has 8 nitrogen and oxygen atoms in total. The van der Waals surface area contributed by atoms with Crippen LogP contribution in [0, 0.1) is 0 Å². The van der Waals surface area contributed by atoms with Crippen LogP contribution in [0.4, 0.5) is 0 Å². The highest BCUT2D eigenvalue weighted by molar-refractivity contribution is 7.89. The molecule has 1 heterocycles. The predicted octanol–water partition coefficient (Wildman–Crippen LogP) is 1.05. The van der Waals surface area contributed by atoms with Gasteiger partial charge in [-0.05, 0) is 41.5 Å². The second kappa shape index (κ2) is 11.9. The van der Waals surface area contributed by atoms with Gasteiger partial charge in [0.2, 0.25) is 10.0 Å². The van der Waals surface area contributed by atoms with Crippen LogP contribution in [0.5, 0.6) is 0 Å². The largest absolute Gasteiger partial charge is 0.378 e. The number of nitrogens with one attached hydrogen (secondary N) is 1. The van der Waals surface area contributed by atoms with Crippen LogP contribution in [0.3, 0.4) is 0 Å². The van der Waals surface area contributed by atoms with Crippen molar-refractivity contribution in [2.45, 2.75) is 59.7 Å². The normalized spacial score (nSPS) is 17.4. The fourth-order valence-corrected chi connectivity index (χ4v) is 4.72. The molecule has 1 rings (SSSR count). The van der Waals surface area contributed by atoms with Crippen LogP contribution >= 0.6 is 0 Å². The smallest absolute Gasteiger partial charge is 0.216 e. The number of guanidine groups is 1. The Labute approximate surface area is 172 Å². The molecule has 0 atom stereocenters. The molecule has 0 unspecified atom stereocenters. The Morgan fingerprint density at radius 3 is 2.11 bits per heavy atom. The second-order valence-corrected chi connectivity index (χ2v) is 10.1. The summed E-state index contributed by atoms with van der Waals surface area (Å²) in [5.41, 5.74) is 0. The first-order valence-electron chi connectivity index (χ1n) is 10.4. The van der Waals surface area contributed by atoms with Crippen molar-refractivity contribution in [2.24, 2.45) is 4.99 Å². The minimum absolute atomic E-state index is 0.0401. The van der Waals surface area contributed by atoms with Gasteiger partial charge in [0.1, 0.15) is 0 Å². The molecule has 0 spiro atoms. The summed E-state index contributed by atoms with van der Waals surface area (Å²) in [6, 6.07) is 0.995. The molecule has 1 aliphatic rings. The lowest BCUT2D eigenvalue weighted by Crippen LogP contribution is -2.55. The Kier molecular flexibility index (Phi) is 10.7. The van der Waals surface area contributed by atoms with Crippen LogP contribution < -0.4 is 5.32 Å². The van der Waals surface area contributed by atoms with Gasteiger partial charge in [0.15, 0.2) is 5.96 Å². The zero-order chi connectivity index (χ0) is 21.3. The third-order valence-corrected chi connectivity index (χ3v) is 6.75. The van der Waals surface area contributed by atoms with Gasteiger partial charge in [-0.3, -0.25) is 9.89 Å². The fourth-order valence-electron chi connectivity index (χ4n) is 3.44. The fraction of sp³-hybridized carbons (Fsp3) is 0.947. The van der Waals surface area contributed by atoms with Crippen molar-refractivity contribution < 1.29 is 13.2 Å². The first kappa shape index (κ1) is 25.1. The van der Waals surface area contributed by atoms with Crippen LogP contribution in [-0.4, -0.2) is 105 Å². The molecule has 1 saturated heterocycles. The van der Waals surface area contributed by atoms with Crippen LogP contribution in [0.2, 0.25) is 0 Å². The highest BCUT2D eigenvalue weighted by Crippen LogP contribution is 2.09. The van der Waals surface area contributed by atoms with Crippen molar-refractivity contribution in [2.75, 3.05) is 58.7 Å². The Balaban J connectivity index is 2.47. The van der Waals surface area contributed by atoms with E-state index in [0.29, 0.717) is 38.3 Å². The zero-order valence-electron chi connectivity index (χ0n) is 18.8. The van der Waals surface area contributed by atoms with Crippen molar-refractivity contribution in [3.8, 4) is 0 Å². The molecule has 9 heteroatoms. The first-order valence-corrected chi connectivity index (χ1v) is 12.0. The number of ether oxygens (including phenoxy) is 1. The summed E-state index contributed by atoms with van der Waals surface area (Å²) in [6.07, 6.45) is 0.0451. The van der Waals surface area contributed by atoms with Gasteiger partial charge in [-0.25, -0.2) is 8.42 Å². The van der Waals surface area contributed by atoms with E-state index in [2.05, 4.69) is 47.8 Å². The van der Waals surface area contributed by atoms with Crippen molar-refractivity contribution in [1.29, 1.82) is 0 Å². The van der Waals surface area contributed by atoms with Gasteiger partial charge in [-0.1, -0.05) is 0 Å². The summed E-state index contributed by atoms with van der Waals surface area (Å²) >= 11 is 0.